The van der Waals surface area contributed by atoms with Crippen LogP contribution in [0.15, 0.2) is 18.2 Å². The maximum absolute atomic E-state index is 13.1. The van der Waals surface area contributed by atoms with Crippen molar-refractivity contribution in [3.63, 3.8) is 0 Å². The molecule has 2 spiro atoms. The lowest BCUT2D eigenvalue weighted by Gasteiger charge is -2.44. The number of fused-ring (bicyclic) bond motifs is 1. The Morgan fingerprint density at radius 2 is 1.88 bits per heavy atom. The Labute approximate surface area is 195 Å². The minimum Gasteiger partial charge on any atom is -0.494 e. The average molecular weight is 462 g/mol. The Morgan fingerprint density at radius 1 is 1.12 bits per heavy atom. The van der Waals surface area contributed by atoms with Gasteiger partial charge in [-0.25, -0.2) is 0 Å². The molecule has 3 aliphatic heterocycles. The summed E-state index contributed by atoms with van der Waals surface area (Å²) in [6.07, 6.45) is 8.47. The van der Waals surface area contributed by atoms with E-state index in [0.717, 1.165) is 43.6 Å². The van der Waals surface area contributed by atoms with Crippen molar-refractivity contribution < 1.29 is 23.7 Å². The van der Waals surface area contributed by atoms with E-state index in [9.17, 15) is 4.79 Å². The highest BCUT2D eigenvalue weighted by Crippen LogP contribution is 2.51. The van der Waals surface area contributed by atoms with Crippen molar-refractivity contribution in [2.24, 2.45) is 0 Å². The Balaban J connectivity index is 1.26. The SMILES string of the molecule is CCOc1ccc2c(c1)[C@@H](SCC(=O)N1CCC3(CC1)OCCO3)CC1(CCCCC1)O2. The van der Waals surface area contributed by atoms with Crippen LogP contribution in [-0.2, 0) is 14.3 Å². The molecule has 1 aromatic rings. The number of carbonyl (C=O) groups is 1. The van der Waals surface area contributed by atoms with Gasteiger partial charge in [0, 0.05) is 43.2 Å². The van der Waals surface area contributed by atoms with Crippen LogP contribution in [0.5, 0.6) is 11.5 Å². The summed E-state index contributed by atoms with van der Waals surface area (Å²) in [7, 11) is 0. The maximum Gasteiger partial charge on any atom is 0.232 e. The lowest BCUT2D eigenvalue weighted by molar-refractivity contribution is -0.186. The van der Waals surface area contributed by atoms with E-state index in [4.69, 9.17) is 18.9 Å². The van der Waals surface area contributed by atoms with E-state index in [-0.39, 0.29) is 16.8 Å². The first-order valence-electron chi connectivity index (χ1n) is 12.2. The van der Waals surface area contributed by atoms with Gasteiger partial charge >= 0.3 is 0 Å². The van der Waals surface area contributed by atoms with Crippen LogP contribution in [0.3, 0.4) is 0 Å². The maximum atomic E-state index is 13.1. The van der Waals surface area contributed by atoms with Gasteiger partial charge in [-0.3, -0.25) is 4.79 Å². The van der Waals surface area contributed by atoms with Gasteiger partial charge in [0.25, 0.3) is 0 Å². The number of carbonyl (C=O) groups excluding carboxylic acids is 1. The average Bonchev–Trinajstić information content (AvgIpc) is 3.26. The van der Waals surface area contributed by atoms with Gasteiger partial charge in [-0.2, -0.15) is 0 Å². The fourth-order valence-electron chi connectivity index (χ4n) is 5.65. The van der Waals surface area contributed by atoms with Crippen LogP contribution >= 0.6 is 11.8 Å². The molecule has 1 amide bonds. The van der Waals surface area contributed by atoms with Gasteiger partial charge in [-0.1, -0.05) is 6.42 Å². The van der Waals surface area contributed by atoms with Gasteiger partial charge in [-0.05, 0) is 50.8 Å². The summed E-state index contributed by atoms with van der Waals surface area (Å²) in [6, 6.07) is 6.20. The van der Waals surface area contributed by atoms with E-state index >= 15 is 0 Å². The molecule has 6 nitrogen and oxygen atoms in total. The van der Waals surface area contributed by atoms with Crippen molar-refractivity contribution in [2.75, 3.05) is 38.7 Å². The quantitative estimate of drug-likeness (QED) is 0.633. The van der Waals surface area contributed by atoms with Crippen molar-refractivity contribution in [3.8, 4) is 11.5 Å². The van der Waals surface area contributed by atoms with Gasteiger partial charge in [-0.15, -0.1) is 11.8 Å². The lowest BCUT2D eigenvalue weighted by Crippen LogP contribution is -2.48. The molecule has 7 heteroatoms. The summed E-state index contributed by atoms with van der Waals surface area (Å²) >= 11 is 1.77. The minimum absolute atomic E-state index is 0.0756. The number of piperidine rings is 1. The van der Waals surface area contributed by atoms with Crippen molar-refractivity contribution in [1.82, 2.24) is 4.90 Å². The van der Waals surface area contributed by atoms with Crippen molar-refractivity contribution in [2.45, 2.75) is 74.9 Å². The minimum atomic E-state index is -0.438. The monoisotopic (exact) mass is 461 g/mol. The van der Waals surface area contributed by atoms with E-state index < -0.39 is 5.79 Å². The van der Waals surface area contributed by atoms with E-state index in [2.05, 4.69) is 12.1 Å². The third-order valence-corrected chi connectivity index (χ3v) is 8.62. The van der Waals surface area contributed by atoms with Gasteiger partial charge in [0.2, 0.25) is 5.91 Å². The number of nitrogens with zero attached hydrogens (tertiary/aromatic N) is 1. The Hall–Kier alpha value is -1.44. The van der Waals surface area contributed by atoms with Crippen LogP contribution in [0.1, 0.15) is 69.1 Å². The summed E-state index contributed by atoms with van der Waals surface area (Å²) in [6.45, 7) is 5.40. The van der Waals surface area contributed by atoms with Gasteiger partial charge in [0.1, 0.15) is 17.1 Å². The largest absolute Gasteiger partial charge is 0.494 e. The molecular formula is C25H35NO5S. The second-order valence-electron chi connectivity index (χ2n) is 9.47. The van der Waals surface area contributed by atoms with Crippen LogP contribution in [0.2, 0.25) is 0 Å². The molecule has 1 aliphatic carbocycles. The Bertz CT molecular complexity index is 809. The molecule has 0 N–H and O–H groups in total. The molecule has 4 aliphatic rings. The second-order valence-corrected chi connectivity index (χ2v) is 10.7. The number of hydrogen-bond acceptors (Lipinski definition) is 6. The predicted molar refractivity (Wildman–Crippen MR) is 124 cm³/mol. The van der Waals surface area contributed by atoms with E-state index in [1.54, 1.807) is 11.8 Å². The molecule has 0 bridgehead atoms. The highest BCUT2D eigenvalue weighted by Gasteiger charge is 2.43. The molecule has 0 radical (unpaired) electrons. The molecule has 1 aromatic carbocycles. The lowest BCUT2D eigenvalue weighted by atomic mass is 9.78. The van der Waals surface area contributed by atoms with Crippen molar-refractivity contribution in [1.29, 1.82) is 0 Å². The van der Waals surface area contributed by atoms with Gasteiger partial charge in [0.05, 0.1) is 25.6 Å². The summed E-state index contributed by atoms with van der Waals surface area (Å²) in [5, 5.41) is 0.249. The van der Waals surface area contributed by atoms with Crippen LogP contribution < -0.4 is 9.47 Å². The fourth-order valence-corrected chi connectivity index (χ4v) is 6.96. The van der Waals surface area contributed by atoms with E-state index in [1.165, 1.54) is 24.8 Å². The van der Waals surface area contributed by atoms with Gasteiger partial charge in [0.15, 0.2) is 5.79 Å². The molecule has 32 heavy (non-hydrogen) atoms. The zero-order chi connectivity index (χ0) is 22.0. The highest BCUT2D eigenvalue weighted by molar-refractivity contribution is 8.00. The second kappa shape index (κ2) is 9.43. The zero-order valence-electron chi connectivity index (χ0n) is 19.1. The molecule has 1 saturated carbocycles. The number of hydrogen-bond donors (Lipinski definition) is 0. The zero-order valence-corrected chi connectivity index (χ0v) is 19.9. The number of ether oxygens (including phenoxy) is 4. The Morgan fingerprint density at radius 3 is 2.59 bits per heavy atom. The van der Waals surface area contributed by atoms with Crippen LogP contribution in [0.4, 0.5) is 0 Å². The van der Waals surface area contributed by atoms with Crippen LogP contribution in [0, 0.1) is 0 Å². The van der Waals surface area contributed by atoms with Crippen molar-refractivity contribution >= 4 is 17.7 Å². The topological polar surface area (TPSA) is 57.2 Å². The molecule has 0 aromatic heterocycles. The van der Waals surface area contributed by atoms with Crippen molar-refractivity contribution in [3.05, 3.63) is 23.8 Å². The first-order chi connectivity index (χ1) is 15.6. The number of likely N-dealkylation sites (tertiary alicyclic amines) is 1. The highest BCUT2D eigenvalue weighted by atomic mass is 32.2. The van der Waals surface area contributed by atoms with Gasteiger partial charge < -0.3 is 23.8 Å². The molecule has 3 fully saturated rings. The smallest absolute Gasteiger partial charge is 0.232 e. The number of benzene rings is 1. The number of amides is 1. The molecule has 176 valence electrons. The molecule has 1 atom stereocenters. The summed E-state index contributed by atoms with van der Waals surface area (Å²) in [5.41, 5.74) is 1.10. The third-order valence-electron chi connectivity index (χ3n) is 7.39. The third kappa shape index (κ3) is 4.62. The normalized spacial score (nSPS) is 26.0. The predicted octanol–water partition coefficient (Wildman–Crippen LogP) is 4.71. The molecule has 2 saturated heterocycles. The first-order valence-corrected chi connectivity index (χ1v) is 13.3. The molecule has 5 rings (SSSR count). The van der Waals surface area contributed by atoms with Crippen LogP contribution in [0.25, 0.3) is 0 Å². The molecule has 3 heterocycles. The first kappa shape index (κ1) is 22.4. The van der Waals surface area contributed by atoms with E-state index in [1.807, 2.05) is 17.9 Å². The summed E-state index contributed by atoms with van der Waals surface area (Å²) < 4.78 is 24.0. The van der Waals surface area contributed by atoms with Crippen LogP contribution in [-0.4, -0.2) is 60.9 Å². The Kier molecular flexibility index (Phi) is 6.59. The van der Waals surface area contributed by atoms with E-state index in [0.29, 0.717) is 38.7 Å². The number of thioether (sulfide) groups is 1. The fraction of sp³-hybridized carbons (Fsp3) is 0.720. The summed E-state index contributed by atoms with van der Waals surface area (Å²) in [4.78, 5) is 15.0. The molecular weight excluding hydrogens is 426 g/mol. The standard InChI is InChI=1S/C25H35NO5S/c1-2-28-19-6-7-21-20(16-19)22(17-24(31-21)8-4-3-5-9-24)32-18-23(27)26-12-10-25(11-13-26)29-14-15-30-25/h6-7,16,22H,2-5,8-15,17-18H2,1H3/t22-/m0/s1. The summed E-state index contributed by atoms with van der Waals surface area (Å²) in [5.74, 6) is 2.13. The number of rotatable bonds is 5. The molecule has 0 unspecified atom stereocenters.